The van der Waals surface area contributed by atoms with E-state index in [0.29, 0.717) is 36.4 Å². The van der Waals surface area contributed by atoms with Crippen LogP contribution < -0.4 is 32.7 Å². The Morgan fingerprint density at radius 1 is 0.824 bits per heavy atom. The second-order valence-corrected chi connectivity index (χ2v) is 7.52. The number of hydrogen-bond donors (Lipinski definition) is 6. The molecule has 0 radical (unpaired) electrons. The van der Waals surface area contributed by atoms with Crippen molar-refractivity contribution >= 4 is 40.6 Å². The van der Waals surface area contributed by atoms with Crippen LogP contribution in [-0.4, -0.2) is 31.4 Å². The quantitative estimate of drug-likeness (QED) is 0.257. The number of nitrogens with two attached hydrogens (primary N) is 2. The number of carbonyl (C=O) groups is 3. The molecular formula is C25H28N6O3. The number of hydrogen-bond acceptors (Lipinski definition) is 5. The molecule has 34 heavy (non-hydrogen) atoms. The molecule has 0 bridgehead atoms. The molecule has 0 saturated carbocycles. The van der Waals surface area contributed by atoms with Crippen LogP contribution in [-0.2, 0) is 6.42 Å². The minimum Gasteiger partial charge on any atom is -0.366 e. The van der Waals surface area contributed by atoms with Gasteiger partial charge in [0.1, 0.15) is 0 Å². The van der Waals surface area contributed by atoms with Gasteiger partial charge in [-0.3, -0.25) is 9.59 Å². The van der Waals surface area contributed by atoms with Gasteiger partial charge in [0.15, 0.2) is 0 Å². The van der Waals surface area contributed by atoms with Crippen molar-refractivity contribution in [1.29, 1.82) is 0 Å². The van der Waals surface area contributed by atoms with Gasteiger partial charge >= 0.3 is 6.03 Å². The average Bonchev–Trinajstić information content (AvgIpc) is 2.83. The third kappa shape index (κ3) is 6.04. The number of para-hydroxylation sites is 2. The number of carbonyl (C=O) groups excluding carboxylic acids is 3. The fraction of sp³-hybridized carbons (Fsp3) is 0.160. The molecule has 0 aliphatic rings. The lowest BCUT2D eigenvalue weighted by Crippen LogP contribution is -2.33. The highest BCUT2D eigenvalue weighted by Gasteiger charge is 2.24. The Balaban J connectivity index is 2.13. The lowest BCUT2D eigenvalue weighted by atomic mass is 9.94. The number of benzene rings is 3. The topological polar surface area (TPSA) is 151 Å². The first-order chi connectivity index (χ1) is 16.4. The van der Waals surface area contributed by atoms with Gasteiger partial charge in [0.2, 0.25) is 5.91 Å². The summed E-state index contributed by atoms with van der Waals surface area (Å²) < 4.78 is 0. The maximum atomic E-state index is 12.5. The predicted molar refractivity (Wildman–Crippen MR) is 134 cm³/mol. The first kappa shape index (κ1) is 24.1. The van der Waals surface area contributed by atoms with Crippen LogP contribution in [0.25, 0.3) is 0 Å². The molecule has 9 heteroatoms. The molecule has 8 N–H and O–H groups in total. The first-order valence-electron chi connectivity index (χ1n) is 10.8. The zero-order valence-electron chi connectivity index (χ0n) is 18.9. The van der Waals surface area contributed by atoms with Crippen LogP contribution >= 0.6 is 0 Å². The van der Waals surface area contributed by atoms with Crippen LogP contribution in [0.3, 0.4) is 0 Å². The summed E-state index contributed by atoms with van der Waals surface area (Å²) in [5.41, 5.74) is 14.6. The molecular weight excluding hydrogens is 432 g/mol. The van der Waals surface area contributed by atoms with Gasteiger partial charge in [0.05, 0.1) is 16.8 Å². The molecule has 0 unspecified atom stereocenters. The van der Waals surface area contributed by atoms with E-state index in [0.717, 1.165) is 11.3 Å². The summed E-state index contributed by atoms with van der Waals surface area (Å²) in [4.78, 5) is 36.4. The Labute approximate surface area is 197 Å². The molecule has 0 atom stereocenters. The first-order valence-corrected chi connectivity index (χ1v) is 10.8. The van der Waals surface area contributed by atoms with E-state index in [-0.39, 0.29) is 17.2 Å². The van der Waals surface area contributed by atoms with Gasteiger partial charge in [0.25, 0.3) is 5.91 Å². The van der Waals surface area contributed by atoms with Crippen LogP contribution in [0.2, 0.25) is 0 Å². The van der Waals surface area contributed by atoms with E-state index in [2.05, 4.69) is 21.3 Å². The van der Waals surface area contributed by atoms with Gasteiger partial charge in [-0.2, -0.15) is 0 Å². The lowest BCUT2D eigenvalue weighted by molar-refractivity contribution is 0.0968. The maximum absolute atomic E-state index is 12.5. The zero-order valence-corrected chi connectivity index (χ0v) is 18.9. The molecule has 0 aliphatic heterocycles. The molecule has 3 rings (SSSR count). The van der Waals surface area contributed by atoms with Crippen LogP contribution in [0.15, 0.2) is 66.7 Å². The number of rotatable bonds is 10. The van der Waals surface area contributed by atoms with E-state index >= 15 is 0 Å². The minimum atomic E-state index is -0.775. The van der Waals surface area contributed by atoms with Crippen molar-refractivity contribution in [2.24, 2.45) is 11.5 Å². The second kappa shape index (κ2) is 11.4. The average molecular weight is 461 g/mol. The predicted octanol–water partition coefficient (Wildman–Crippen LogP) is 3.23. The SMILES string of the molecule is CNC(=O)NCCCc1c(Nc2ccccc2)cc(C(N)=O)c(C(N)=O)c1Nc1ccccc1. The largest absolute Gasteiger partial charge is 0.366 e. The smallest absolute Gasteiger partial charge is 0.314 e. The number of nitrogens with one attached hydrogen (secondary N) is 4. The summed E-state index contributed by atoms with van der Waals surface area (Å²) in [7, 11) is 1.54. The lowest BCUT2D eigenvalue weighted by Gasteiger charge is -2.22. The number of urea groups is 1. The Morgan fingerprint density at radius 2 is 1.41 bits per heavy atom. The van der Waals surface area contributed by atoms with Gasteiger partial charge in [0, 0.05) is 30.7 Å². The van der Waals surface area contributed by atoms with Crippen molar-refractivity contribution in [2.75, 3.05) is 24.2 Å². The highest BCUT2D eigenvalue weighted by atomic mass is 16.2. The summed E-state index contributed by atoms with van der Waals surface area (Å²) in [6.07, 6.45) is 1.03. The Bertz CT molecular complexity index is 1170. The number of amides is 4. The van der Waals surface area contributed by atoms with E-state index in [1.54, 1.807) is 13.1 Å². The van der Waals surface area contributed by atoms with E-state index in [4.69, 9.17) is 11.5 Å². The monoisotopic (exact) mass is 460 g/mol. The van der Waals surface area contributed by atoms with E-state index in [1.165, 1.54) is 0 Å². The molecule has 3 aromatic rings. The standard InChI is InChI=1S/C25H28N6O3/c1-28-25(34)29-14-8-13-18-20(30-16-9-4-2-5-10-16)15-19(23(26)32)21(24(27)33)22(18)31-17-11-6-3-7-12-17/h2-7,9-12,15,30-31H,8,13-14H2,1H3,(H2,26,32)(H2,27,33)(H2,28,29,34). The van der Waals surface area contributed by atoms with E-state index < -0.39 is 11.8 Å². The van der Waals surface area contributed by atoms with Gasteiger partial charge < -0.3 is 32.7 Å². The Kier molecular flexibility index (Phi) is 8.07. The van der Waals surface area contributed by atoms with Crippen LogP contribution in [0.5, 0.6) is 0 Å². The van der Waals surface area contributed by atoms with Crippen molar-refractivity contribution in [3.63, 3.8) is 0 Å². The molecule has 0 fully saturated rings. The van der Waals surface area contributed by atoms with Gasteiger partial charge in [-0.25, -0.2) is 4.79 Å². The minimum absolute atomic E-state index is 0.0107. The number of anilines is 4. The normalized spacial score (nSPS) is 10.3. The highest BCUT2D eigenvalue weighted by molar-refractivity contribution is 6.12. The summed E-state index contributed by atoms with van der Waals surface area (Å²) in [6, 6.07) is 19.9. The van der Waals surface area contributed by atoms with Gasteiger partial charge in [-0.15, -0.1) is 0 Å². The van der Waals surface area contributed by atoms with E-state index in [1.807, 2.05) is 60.7 Å². The summed E-state index contributed by atoms with van der Waals surface area (Å²) in [5.74, 6) is -1.54. The highest BCUT2D eigenvalue weighted by Crippen LogP contribution is 2.36. The van der Waals surface area contributed by atoms with Crippen molar-refractivity contribution in [3.05, 3.63) is 83.4 Å². The van der Waals surface area contributed by atoms with Gasteiger partial charge in [-0.05, 0) is 48.7 Å². The van der Waals surface area contributed by atoms with E-state index in [9.17, 15) is 14.4 Å². The third-order valence-electron chi connectivity index (χ3n) is 5.16. The van der Waals surface area contributed by atoms with Crippen LogP contribution in [0.4, 0.5) is 27.5 Å². The summed E-state index contributed by atoms with van der Waals surface area (Å²) in [6.45, 7) is 0.401. The Hall–Kier alpha value is -4.53. The second-order valence-electron chi connectivity index (χ2n) is 7.52. The Morgan fingerprint density at radius 3 is 1.94 bits per heavy atom. The molecule has 3 aromatic carbocycles. The van der Waals surface area contributed by atoms with Crippen molar-refractivity contribution < 1.29 is 14.4 Å². The van der Waals surface area contributed by atoms with Crippen molar-refractivity contribution in [2.45, 2.75) is 12.8 Å². The summed E-state index contributed by atoms with van der Waals surface area (Å²) in [5, 5.41) is 11.8. The van der Waals surface area contributed by atoms with Crippen molar-refractivity contribution in [3.8, 4) is 0 Å². The zero-order chi connectivity index (χ0) is 24.5. The third-order valence-corrected chi connectivity index (χ3v) is 5.16. The molecule has 0 heterocycles. The fourth-order valence-corrected chi connectivity index (χ4v) is 3.58. The molecule has 9 nitrogen and oxygen atoms in total. The van der Waals surface area contributed by atoms with Crippen molar-refractivity contribution in [1.82, 2.24) is 10.6 Å². The fourth-order valence-electron chi connectivity index (χ4n) is 3.58. The maximum Gasteiger partial charge on any atom is 0.314 e. The molecule has 0 aliphatic carbocycles. The van der Waals surface area contributed by atoms with Gasteiger partial charge in [-0.1, -0.05) is 36.4 Å². The van der Waals surface area contributed by atoms with Crippen LogP contribution in [0.1, 0.15) is 32.7 Å². The molecule has 0 saturated heterocycles. The molecule has 176 valence electrons. The van der Waals surface area contributed by atoms with Crippen LogP contribution in [0, 0.1) is 0 Å². The molecule has 4 amide bonds. The molecule has 0 aromatic heterocycles. The number of primary amides is 2. The summed E-state index contributed by atoms with van der Waals surface area (Å²) >= 11 is 0. The molecule has 0 spiro atoms.